The van der Waals surface area contributed by atoms with Crippen LogP contribution in [-0.4, -0.2) is 49.9 Å². The number of amides is 2. The summed E-state index contributed by atoms with van der Waals surface area (Å²) in [5, 5.41) is 28.9. The second-order valence-electron chi connectivity index (χ2n) is 9.55. The van der Waals surface area contributed by atoms with Gasteiger partial charge in [-0.25, -0.2) is 9.59 Å². The van der Waals surface area contributed by atoms with Crippen molar-refractivity contribution in [2.24, 2.45) is 5.10 Å². The van der Waals surface area contributed by atoms with E-state index < -0.39 is 24.3 Å². The number of rotatable bonds is 13. The van der Waals surface area contributed by atoms with Gasteiger partial charge in [-0.1, -0.05) is 30.3 Å². The molecule has 12 nitrogen and oxygen atoms in total. The van der Waals surface area contributed by atoms with Gasteiger partial charge in [0.1, 0.15) is 19.0 Å². The number of nitriles is 1. The summed E-state index contributed by atoms with van der Waals surface area (Å²) in [7, 11) is 1.27. The van der Waals surface area contributed by atoms with Gasteiger partial charge in [-0.05, 0) is 61.4 Å². The Balaban J connectivity index is 1.38. The number of aliphatic hydroxyl groups excluding tert-OH is 1. The van der Waals surface area contributed by atoms with E-state index in [2.05, 4.69) is 27.2 Å². The molecule has 0 fully saturated rings. The Kier molecular flexibility index (Phi) is 10.8. The van der Waals surface area contributed by atoms with E-state index in [1.54, 1.807) is 37.3 Å². The molecule has 0 aliphatic carbocycles. The molecule has 1 aliphatic heterocycles. The number of benzene rings is 3. The molecule has 3 aromatic carbocycles. The number of nitrogens with zero attached hydrogens (tertiary/aromatic N) is 2. The van der Waals surface area contributed by atoms with Crippen molar-refractivity contribution in [2.45, 2.75) is 32.7 Å². The Labute approximate surface area is 254 Å². The molecule has 2 atom stereocenters. The van der Waals surface area contributed by atoms with Gasteiger partial charge in [0.05, 0.1) is 43.2 Å². The molecule has 4 rings (SSSR count). The van der Waals surface area contributed by atoms with Gasteiger partial charge in [-0.2, -0.15) is 10.4 Å². The highest BCUT2D eigenvalue weighted by molar-refractivity contribution is 5.95. The molecular weight excluding hydrogens is 566 g/mol. The summed E-state index contributed by atoms with van der Waals surface area (Å²) in [6.45, 7) is 3.91. The third-order valence-electron chi connectivity index (χ3n) is 6.50. The first-order valence-electron chi connectivity index (χ1n) is 13.8. The van der Waals surface area contributed by atoms with Gasteiger partial charge in [0.25, 0.3) is 0 Å². The SMILES string of the molecule is CCOc1cc([C@H]2NC(=O)NC(C)=C2C(=O)OC)ccc1OC[C@@H](O)N/N=C/c1ccccc1OCc1ccc(C#N)cc1. The quantitative estimate of drug-likeness (QED) is 0.0994. The first-order chi connectivity index (χ1) is 21.3. The smallest absolute Gasteiger partial charge is 0.337 e. The van der Waals surface area contributed by atoms with Crippen LogP contribution in [0.25, 0.3) is 0 Å². The van der Waals surface area contributed by atoms with Crippen LogP contribution in [0.15, 0.2) is 83.1 Å². The molecule has 1 heterocycles. The summed E-state index contributed by atoms with van der Waals surface area (Å²) in [6.07, 6.45) is 0.367. The number of nitrogens with one attached hydrogen (secondary N) is 3. The zero-order chi connectivity index (χ0) is 31.5. The maximum atomic E-state index is 12.4. The Morgan fingerprint density at radius 2 is 1.86 bits per heavy atom. The first kappa shape index (κ1) is 31.4. The van der Waals surface area contributed by atoms with Crippen LogP contribution in [0, 0.1) is 11.3 Å². The van der Waals surface area contributed by atoms with Crippen LogP contribution in [-0.2, 0) is 16.1 Å². The molecule has 12 heteroatoms. The summed E-state index contributed by atoms with van der Waals surface area (Å²) < 4.78 is 22.4. The number of ether oxygens (including phenoxy) is 4. The van der Waals surface area contributed by atoms with Crippen molar-refractivity contribution in [3.05, 3.63) is 100 Å². The summed E-state index contributed by atoms with van der Waals surface area (Å²) in [5.74, 6) is 0.736. The number of hydrazone groups is 1. The summed E-state index contributed by atoms with van der Waals surface area (Å²) in [4.78, 5) is 24.6. The predicted molar refractivity (Wildman–Crippen MR) is 161 cm³/mol. The molecule has 0 aromatic heterocycles. The fraction of sp³-hybridized carbons (Fsp3) is 0.250. The second kappa shape index (κ2) is 15.1. The van der Waals surface area contributed by atoms with Gasteiger partial charge in [0.15, 0.2) is 17.7 Å². The van der Waals surface area contributed by atoms with Crippen LogP contribution < -0.4 is 30.3 Å². The Hall–Kier alpha value is -5.54. The molecule has 0 unspecified atom stereocenters. The maximum absolute atomic E-state index is 12.4. The lowest BCUT2D eigenvalue weighted by molar-refractivity contribution is -0.136. The fourth-order valence-corrected chi connectivity index (χ4v) is 4.37. The number of urea groups is 1. The third kappa shape index (κ3) is 8.05. The van der Waals surface area contributed by atoms with E-state index in [4.69, 9.17) is 24.2 Å². The van der Waals surface area contributed by atoms with Crippen LogP contribution in [0.1, 0.15) is 42.1 Å². The Morgan fingerprint density at radius 3 is 2.59 bits per heavy atom. The molecule has 228 valence electrons. The Morgan fingerprint density at radius 1 is 1.09 bits per heavy atom. The average molecular weight is 600 g/mol. The molecule has 2 amide bonds. The number of para-hydroxylation sites is 1. The second-order valence-corrected chi connectivity index (χ2v) is 9.55. The average Bonchev–Trinajstić information content (AvgIpc) is 3.03. The van der Waals surface area contributed by atoms with E-state index in [1.807, 2.05) is 43.3 Å². The lowest BCUT2D eigenvalue weighted by Gasteiger charge is -2.28. The molecule has 0 bridgehead atoms. The zero-order valence-corrected chi connectivity index (χ0v) is 24.5. The van der Waals surface area contributed by atoms with Crippen molar-refractivity contribution in [3.63, 3.8) is 0 Å². The lowest BCUT2D eigenvalue weighted by atomic mass is 9.95. The molecular formula is C32H33N5O7. The normalized spacial score (nSPS) is 15.1. The molecule has 0 radical (unpaired) electrons. The molecule has 1 aliphatic rings. The third-order valence-corrected chi connectivity index (χ3v) is 6.50. The van der Waals surface area contributed by atoms with Gasteiger partial charge in [-0.15, -0.1) is 0 Å². The van der Waals surface area contributed by atoms with Crippen molar-refractivity contribution >= 4 is 18.2 Å². The first-order valence-corrected chi connectivity index (χ1v) is 13.8. The zero-order valence-electron chi connectivity index (χ0n) is 24.5. The van der Waals surface area contributed by atoms with E-state index >= 15 is 0 Å². The highest BCUT2D eigenvalue weighted by atomic mass is 16.5. The standard InChI is InChI=1S/C32H33N5O7/c1-4-42-27-15-23(30-29(31(39)41-3)20(2)35-32(40)36-30)13-14-26(27)44-19-28(38)37-34-17-24-7-5-6-8-25(24)43-18-22-11-9-21(16-33)10-12-22/h5-15,17,28,30,37-38H,4,18-19H2,1-3H3,(H2,35,36,40)/b34-17+/t28-,30-/m1/s1. The minimum Gasteiger partial charge on any atom is -0.490 e. The van der Waals surface area contributed by atoms with Crippen molar-refractivity contribution < 1.29 is 33.6 Å². The number of esters is 1. The number of carbonyl (C=O) groups excluding carboxylic acids is 2. The van der Waals surface area contributed by atoms with E-state index in [0.717, 1.165) is 5.56 Å². The maximum Gasteiger partial charge on any atom is 0.337 e. The van der Waals surface area contributed by atoms with Crippen molar-refractivity contribution in [2.75, 3.05) is 20.3 Å². The number of hydrogen-bond acceptors (Lipinski definition) is 10. The Bertz CT molecular complexity index is 1580. The molecule has 0 spiro atoms. The topological polar surface area (TPSA) is 164 Å². The molecule has 4 N–H and O–H groups in total. The van der Waals surface area contributed by atoms with Crippen LogP contribution >= 0.6 is 0 Å². The van der Waals surface area contributed by atoms with E-state index in [9.17, 15) is 14.7 Å². The van der Waals surface area contributed by atoms with E-state index in [-0.39, 0.29) is 12.2 Å². The number of allylic oxidation sites excluding steroid dienone is 1. The van der Waals surface area contributed by atoms with Crippen molar-refractivity contribution in [1.29, 1.82) is 5.26 Å². The minimum absolute atomic E-state index is 0.163. The number of hydrogen-bond donors (Lipinski definition) is 4. The summed E-state index contributed by atoms with van der Waals surface area (Å²) in [5.41, 5.74) is 6.04. The summed E-state index contributed by atoms with van der Waals surface area (Å²) in [6, 6.07) is 20.3. The number of carbonyl (C=O) groups is 2. The number of aliphatic hydroxyl groups is 1. The largest absolute Gasteiger partial charge is 0.490 e. The van der Waals surface area contributed by atoms with Crippen LogP contribution in [0.4, 0.5) is 4.79 Å². The van der Waals surface area contributed by atoms with Crippen LogP contribution in [0.2, 0.25) is 0 Å². The number of methoxy groups -OCH3 is 1. The lowest BCUT2D eigenvalue weighted by Crippen LogP contribution is -2.45. The predicted octanol–water partition coefficient (Wildman–Crippen LogP) is 3.66. The van der Waals surface area contributed by atoms with E-state index in [0.29, 0.717) is 52.8 Å². The van der Waals surface area contributed by atoms with Gasteiger partial charge < -0.3 is 34.7 Å². The van der Waals surface area contributed by atoms with Gasteiger partial charge in [-0.3, -0.25) is 5.43 Å². The van der Waals surface area contributed by atoms with Crippen molar-refractivity contribution in [1.82, 2.24) is 16.1 Å². The minimum atomic E-state index is -1.16. The summed E-state index contributed by atoms with van der Waals surface area (Å²) >= 11 is 0. The van der Waals surface area contributed by atoms with Gasteiger partial charge >= 0.3 is 12.0 Å². The van der Waals surface area contributed by atoms with Crippen molar-refractivity contribution in [3.8, 4) is 23.3 Å². The fourth-order valence-electron chi connectivity index (χ4n) is 4.37. The highest BCUT2D eigenvalue weighted by Gasteiger charge is 2.32. The van der Waals surface area contributed by atoms with Crippen LogP contribution in [0.3, 0.4) is 0 Å². The molecule has 0 saturated heterocycles. The molecule has 44 heavy (non-hydrogen) atoms. The van der Waals surface area contributed by atoms with Gasteiger partial charge in [0.2, 0.25) is 0 Å². The highest BCUT2D eigenvalue weighted by Crippen LogP contribution is 2.35. The van der Waals surface area contributed by atoms with Crippen LogP contribution in [0.5, 0.6) is 17.2 Å². The molecule has 0 saturated carbocycles. The molecule has 3 aromatic rings. The monoisotopic (exact) mass is 599 g/mol. The van der Waals surface area contributed by atoms with Gasteiger partial charge in [0, 0.05) is 11.3 Å². The van der Waals surface area contributed by atoms with E-state index in [1.165, 1.54) is 13.3 Å².